The van der Waals surface area contributed by atoms with Gasteiger partial charge in [-0.2, -0.15) is 0 Å². The molecule has 2 aromatic rings. The molecule has 0 bridgehead atoms. The van der Waals surface area contributed by atoms with Crippen LogP contribution in [0.2, 0.25) is 0 Å². The second-order valence-corrected chi connectivity index (χ2v) is 5.60. The van der Waals surface area contributed by atoms with Gasteiger partial charge in [0.1, 0.15) is 12.3 Å². The molecule has 0 aromatic heterocycles. The fraction of sp³-hybridized carbons (Fsp3) is 0.263. The number of amides is 2. The van der Waals surface area contributed by atoms with Gasteiger partial charge < -0.3 is 20.7 Å². The first-order chi connectivity index (χ1) is 12.0. The van der Waals surface area contributed by atoms with Crippen LogP contribution in [0.3, 0.4) is 0 Å². The summed E-state index contributed by atoms with van der Waals surface area (Å²) in [6.07, 6.45) is 0.746. The lowest BCUT2D eigenvalue weighted by atomic mass is 10.1. The molecule has 0 aliphatic rings. The summed E-state index contributed by atoms with van der Waals surface area (Å²) in [7, 11) is 1.54. The molecule has 0 saturated heterocycles. The number of ether oxygens (including phenoxy) is 1. The molecule has 3 N–H and O–H groups in total. The highest BCUT2D eigenvalue weighted by Gasteiger charge is 2.19. The van der Waals surface area contributed by atoms with E-state index < -0.39 is 0 Å². The van der Waals surface area contributed by atoms with Crippen LogP contribution in [0.25, 0.3) is 0 Å². The summed E-state index contributed by atoms with van der Waals surface area (Å²) >= 11 is 0. The van der Waals surface area contributed by atoms with E-state index >= 15 is 0 Å². The van der Waals surface area contributed by atoms with Crippen LogP contribution in [-0.2, 0) is 4.79 Å². The van der Waals surface area contributed by atoms with Crippen molar-refractivity contribution in [3.63, 3.8) is 0 Å². The largest absolute Gasteiger partial charge is 0.495 e. The molecule has 0 aliphatic carbocycles. The molecule has 6 heteroatoms. The summed E-state index contributed by atoms with van der Waals surface area (Å²) < 4.78 is 5.22. The van der Waals surface area contributed by atoms with E-state index in [9.17, 15) is 9.59 Å². The number of rotatable bonds is 7. The molecule has 2 amide bonds. The number of nitrogen functional groups attached to an aromatic ring is 1. The molecule has 2 rings (SSSR count). The number of carbonyl (C=O) groups is 2. The van der Waals surface area contributed by atoms with E-state index in [0.29, 0.717) is 29.2 Å². The minimum Gasteiger partial charge on any atom is -0.495 e. The smallest absolute Gasteiger partial charge is 0.254 e. The molecule has 0 fully saturated rings. The molecule has 0 aliphatic heterocycles. The second kappa shape index (κ2) is 8.73. The van der Waals surface area contributed by atoms with Crippen molar-refractivity contribution in [1.29, 1.82) is 0 Å². The number of anilines is 2. The van der Waals surface area contributed by atoms with Crippen LogP contribution in [0.1, 0.15) is 23.7 Å². The van der Waals surface area contributed by atoms with Gasteiger partial charge >= 0.3 is 0 Å². The van der Waals surface area contributed by atoms with Gasteiger partial charge in [-0.1, -0.05) is 25.1 Å². The highest BCUT2D eigenvalue weighted by molar-refractivity contribution is 6.00. The summed E-state index contributed by atoms with van der Waals surface area (Å²) in [6.45, 7) is 2.39. The van der Waals surface area contributed by atoms with Crippen molar-refractivity contribution in [2.45, 2.75) is 13.3 Å². The Morgan fingerprint density at radius 3 is 2.60 bits per heavy atom. The third kappa shape index (κ3) is 4.97. The minimum absolute atomic E-state index is 0.0421. The zero-order valence-electron chi connectivity index (χ0n) is 14.5. The predicted octanol–water partition coefficient (Wildman–Crippen LogP) is 2.77. The first kappa shape index (κ1) is 18.3. The maximum Gasteiger partial charge on any atom is 0.254 e. The number of carbonyl (C=O) groups excluding carboxylic acids is 2. The normalized spacial score (nSPS) is 10.2. The molecule has 0 radical (unpaired) electrons. The first-order valence-corrected chi connectivity index (χ1v) is 8.12. The number of hydrogen-bond donors (Lipinski definition) is 2. The first-order valence-electron chi connectivity index (χ1n) is 8.12. The number of benzene rings is 2. The van der Waals surface area contributed by atoms with Crippen molar-refractivity contribution in [3.8, 4) is 5.75 Å². The number of nitrogens with zero attached hydrogens (tertiary/aromatic N) is 1. The Bertz CT molecular complexity index is 746. The van der Waals surface area contributed by atoms with Crippen molar-refractivity contribution in [1.82, 2.24) is 4.90 Å². The minimum atomic E-state index is -0.282. The van der Waals surface area contributed by atoms with Gasteiger partial charge in [-0.25, -0.2) is 0 Å². The Labute approximate surface area is 147 Å². The molecule has 0 atom stereocenters. The fourth-order valence-electron chi connectivity index (χ4n) is 2.49. The Morgan fingerprint density at radius 1 is 1.16 bits per heavy atom. The number of nitrogens with one attached hydrogen (secondary N) is 1. The molecule has 0 heterocycles. The van der Waals surface area contributed by atoms with Crippen LogP contribution in [0.5, 0.6) is 5.75 Å². The fourth-order valence-corrected chi connectivity index (χ4v) is 2.49. The molecule has 132 valence electrons. The van der Waals surface area contributed by atoms with Crippen molar-refractivity contribution in [2.75, 3.05) is 31.2 Å². The highest BCUT2D eigenvalue weighted by Crippen LogP contribution is 2.23. The van der Waals surface area contributed by atoms with Crippen molar-refractivity contribution in [3.05, 3.63) is 54.1 Å². The number of nitrogens with two attached hydrogens (primary N) is 1. The molecule has 0 spiro atoms. The van der Waals surface area contributed by atoms with E-state index in [0.717, 1.165) is 6.42 Å². The maximum absolute atomic E-state index is 12.7. The monoisotopic (exact) mass is 341 g/mol. The van der Waals surface area contributed by atoms with Gasteiger partial charge in [0.2, 0.25) is 5.91 Å². The summed E-state index contributed by atoms with van der Waals surface area (Å²) in [4.78, 5) is 26.6. The van der Waals surface area contributed by atoms with Gasteiger partial charge in [0.25, 0.3) is 5.91 Å². The molecule has 2 aromatic carbocycles. The Balaban J connectivity index is 2.10. The van der Waals surface area contributed by atoms with Crippen LogP contribution in [0.15, 0.2) is 48.5 Å². The molecular formula is C19H23N3O3. The van der Waals surface area contributed by atoms with Gasteiger partial charge in [0.05, 0.1) is 12.8 Å². The van der Waals surface area contributed by atoms with Gasteiger partial charge in [0, 0.05) is 17.8 Å². The van der Waals surface area contributed by atoms with E-state index in [-0.39, 0.29) is 18.4 Å². The van der Waals surface area contributed by atoms with Crippen LogP contribution < -0.4 is 15.8 Å². The third-order valence-electron chi connectivity index (χ3n) is 3.63. The third-order valence-corrected chi connectivity index (χ3v) is 3.63. The average molecular weight is 341 g/mol. The quantitative estimate of drug-likeness (QED) is 0.759. The Hall–Kier alpha value is -3.02. The zero-order valence-corrected chi connectivity index (χ0v) is 14.5. The summed E-state index contributed by atoms with van der Waals surface area (Å²) in [5.41, 5.74) is 7.30. The zero-order chi connectivity index (χ0) is 18.2. The lowest BCUT2D eigenvalue weighted by Crippen LogP contribution is -2.38. The standard InChI is InChI=1S/C19H23N3O3/c1-3-11-22(19(24)14-7-6-8-15(20)12-14)13-18(23)21-16-9-4-5-10-17(16)25-2/h4-10,12H,3,11,13,20H2,1-2H3,(H,21,23). The van der Waals surface area contributed by atoms with E-state index in [2.05, 4.69) is 5.32 Å². The van der Waals surface area contributed by atoms with Crippen molar-refractivity contribution < 1.29 is 14.3 Å². The maximum atomic E-state index is 12.7. The van der Waals surface area contributed by atoms with Gasteiger partial charge in [-0.05, 0) is 36.8 Å². The summed E-state index contributed by atoms with van der Waals surface area (Å²) in [5.74, 6) is 0.0691. The Morgan fingerprint density at radius 2 is 1.92 bits per heavy atom. The van der Waals surface area contributed by atoms with E-state index in [1.807, 2.05) is 13.0 Å². The van der Waals surface area contributed by atoms with Crippen LogP contribution >= 0.6 is 0 Å². The van der Waals surface area contributed by atoms with E-state index in [4.69, 9.17) is 10.5 Å². The molecular weight excluding hydrogens is 318 g/mol. The second-order valence-electron chi connectivity index (χ2n) is 5.60. The lowest BCUT2D eigenvalue weighted by molar-refractivity contribution is -0.116. The van der Waals surface area contributed by atoms with Crippen LogP contribution in [0.4, 0.5) is 11.4 Å². The predicted molar refractivity (Wildman–Crippen MR) is 98.7 cm³/mol. The van der Waals surface area contributed by atoms with Gasteiger partial charge in [-0.3, -0.25) is 9.59 Å². The molecule has 25 heavy (non-hydrogen) atoms. The number of methoxy groups -OCH3 is 1. The molecule has 0 saturated carbocycles. The SMILES string of the molecule is CCCN(CC(=O)Nc1ccccc1OC)C(=O)c1cccc(N)c1. The van der Waals surface area contributed by atoms with E-state index in [1.165, 1.54) is 12.0 Å². The number of para-hydroxylation sites is 2. The van der Waals surface area contributed by atoms with E-state index in [1.54, 1.807) is 42.5 Å². The summed E-state index contributed by atoms with van der Waals surface area (Å²) in [6, 6.07) is 13.9. The van der Waals surface area contributed by atoms with Gasteiger partial charge in [-0.15, -0.1) is 0 Å². The van der Waals surface area contributed by atoms with Crippen molar-refractivity contribution >= 4 is 23.2 Å². The number of hydrogen-bond acceptors (Lipinski definition) is 4. The summed E-state index contributed by atoms with van der Waals surface area (Å²) in [5, 5.41) is 2.79. The topological polar surface area (TPSA) is 84.7 Å². The molecule has 0 unspecified atom stereocenters. The van der Waals surface area contributed by atoms with Crippen LogP contribution in [-0.4, -0.2) is 36.9 Å². The highest BCUT2D eigenvalue weighted by atomic mass is 16.5. The van der Waals surface area contributed by atoms with Crippen molar-refractivity contribution in [2.24, 2.45) is 0 Å². The molecule has 6 nitrogen and oxygen atoms in total. The lowest BCUT2D eigenvalue weighted by Gasteiger charge is -2.22. The van der Waals surface area contributed by atoms with Gasteiger partial charge in [0.15, 0.2) is 0 Å². The van der Waals surface area contributed by atoms with Crippen LogP contribution in [0, 0.1) is 0 Å². The average Bonchev–Trinajstić information content (AvgIpc) is 2.61. The Kier molecular flexibility index (Phi) is 6.39.